The van der Waals surface area contributed by atoms with E-state index in [2.05, 4.69) is 23.3 Å². The molecular weight excluding hydrogens is 241 g/mol. The van der Waals surface area contributed by atoms with E-state index in [1.165, 1.54) is 5.56 Å². The second-order valence-electron chi connectivity index (χ2n) is 5.32. The second-order valence-corrected chi connectivity index (χ2v) is 5.32. The Morgan fingerprint density at radius 2 is 2.00 bits per heavy atom. The molecule has 2 aromatic rings. The van der Waals surface area contributed by atoms with Crippen LogP contribution in [0.2, 0.25) is 0 Å². The number of aryl methyl sites for hydroxylation is 1. The Hall–Kier alpha value is -1.39. The van der Waals surface area contributed by atoms with Crippen LogP contribution in [-0.2, 0) is 7.05 Å². The number of rotatable bonds is 2. The summed E-state index contributed by atoms with van der Waals surface area (Å²) in [6.07, 6.45) is 2.14. The normalized spacial score (nSPS) is 18.9. The van der Waals surface area contributed by atoms with Gasteiger partial charge in [0.1, 0.15) is 5.82 Å². The highest BCUT2D eigenvalue weighted by Crippen LogP contribution is 2.30. The number of nitrogens with one attached hydrogen (secondary N) is 1. The SMILES string of the molecule is CC(c1cn(C)c2cc(F)ccc12)N1CCNCC1. The highest BCUT2D eigenvalue weighted by molar-refractivity contribution is 5.84. The van der Waals surface area contributed by atoms with E-state index in [-0.39, 0.29) is 5.82 Å². The predicted octanol–water partition coefficient (Wildman–Crippen LogP) is 2.28. The Bertz CT molecular complexity index is 584. The van der Waals surface area contributed by atoms with Gasteiger partial charge in [-0.25, -0.2) is 4.39 Å². The van der Waals surface area contributed by atoms with Crippen LogP contribution in [0.5, 0.6) is 0 Å². The average molecular weight is 261 g/mol. The zero-order valence-electron chi connectivity index (χ0n) is 11.5. The maximum absolute atomic E-state index is 13.3. The van der Waals surface area contributed by atoms with E-state index >= 15 is 0 Å². The molecule has 1 aromatic carbocycles. The van der Waals surface area contributed by atoms with Gasteiger partial charge in [-0.2, -0.15) is 0 Å². The van der Waals surface area contributed by atoms with Crippen molar-refractivity contribution in [2.24, 2.45) is 7.05 Å². The maximum atomic E-state index is 13.3. The lowest BCUT2D eigenvalue weighted by Crippen LogP contribution is -2.44. The van der Waals surface area contributed by atoms with Crippen LogP contribution in [-0.4, -0.2) is 35.6 Å². The molecule has 102 valence electrons. The van der Waals surface area contributed by atoms with Crippen molar-refractivity contribution < 1.29 is 4.39 Å². The molecule has 1 saturated heterocycles. The van der Waals surface area contributed by atoms with Crippen molar-refractivity contribution >= 4 is 10.9 Å². The Morgan fingerprint density at radius 3 is 2.74 bits per heavy atom. The van der Waals surface area contributed by atoms with Crippen LogP contribution in [0.1, 0.15) is 18.5 Å². The fourth-order valence-electron chi connectivity index (χ4n) is 2.99. The van der Waals surface area contributed by atoms with E-state index in [0.717, 1.165) is 37.1 Å². The van der Waals surface area contributed by atoms with Gasteiger partial charge >= 0.3 is 0 Å². The molecule has 0 saturated carbocycles. The smallest absolute Gasteiger partial charge is 0.125 e. The first-order chi connectivity index (χ1) is 9.16. The van der Waals surface area contributed by atoms with Crippen molar-refractivity contribution in [1.29, 1.82) is 0 Å². The fourth-order valence-corrected chi connectivity index (χ4v) is 2.99. The summed E-state index contributed by atoms with van der Waals surface area (Å²) in [6, 6.07) is 5.44. The third kappa shape index (κ3) is 2.26. The van der Waals surface area contributed by atoms with E-state index in [0.29, 0.717) is 6.04 Å². The van der Waals surface area contributed by atoms with E-state index in [9.17, 15) is 4.39 Å². The molecule has 3 nitrogen and oxygen atoms in total. The molecule has 0 bridgehead atoms. The molecule has 19 heavy (non-hydrogen) atoms. The van der Waals surface area contributed by atoms with E-state index in [1.54, 1.807) is 12.1 Å². The zero-order valence-corrected chi connectivity index (χ0v) is 11.5. The number of halogens is 1. The van der Waals surface area contributed by atoms with Crippen molar-refractivity contribution in [3.63, 3.8) is 0 Å². The number of hydrogen-bond donors (Lipinski definition) is 1. The van der Waals surface area contributed by atoms with Gasteiger partial charge in [0.2, 0.25) is 0 Å². The summed E-state index contributed by atoms with van der Waals surface area (Å²) in [5, 5.41) is 4.54. The number of aromatic nitrogens is 1. The summed E-state index contributed by atoms with van der Waals surface area (Å²) in [6.45, 7) is 6.47. The molecule has 1 aromatic heterocycles. The van der Waals surface area contributed by atoms with Crippen molar-refractivity contribution in [1.82, 2.24) is 14.8 Å². The van der Waals surface area contributed by atoms with E-state index in [1.807, 2.05) is 17.7 Å². The van der Waals surface area contributed by atoms with Crippen molar-refractivity contribution in [3.8, 4) is 0 Å². The second kappa shape index (κ2) is 4.94. The summed E-state index contributed by atoms with van der Waals surface area (Å²) in [4.78, 5) is 2.48. The molecule has 2 heterocycles. The molecule has 0 aliphatic carbocycles. The van der Waals surface area contributed by atoms with Gasteiger partial charge < -0.3 is 9.88 Å². The van der Waals surface area contributed by atoms with E-state index in [4.69, 9.17) is 0 Å². The van der Waals surface area contributed by atoms with Crippen molar-refractivity contribution in [3.05, 3.63) is 35.8 Å². The monoisotopic (exact) mass is 261 g/mol. The van der Waals surface area contributed by atoms with Crippen LogP contribution in [0.15, 0.2) is 24.4 Å². The molecule has 1 atom stereocenters. The number of benzene rings is 1. The Balaban J connectivity index is 2.00. The Labute approximate surface area is 113 Å². The quantitative estimate of drug-likeness (QED) is 0.895. The predicted molar refractivity (Wildman–Crippen MR) is 75.7 cm³/mol. The Morgan fingerprint density at radius 1 is 1.26 bits per heavy atom. The molecule has 0 spiro atoms. The standard InChI is InChI=1S/C15H20FN3/c1-11(19-7-5-17-6-8-19)14-10-18(2)15-9-12(16)3-4-13(14)15/h3-4,9-11,17H,5-8H2,1-2H3. The number of hydrogen-bond acceptors (Lipinski definition) is 2. The summed E-state index contributed by atoms with van der Waals surface area (Å²) in [5.74, 6) is -0.171. The first-order valence-corrected chi connectivity index (χ1v) is 6.86. The van der Waals surface area contributed by atoms with Crippen LogP contribution in [0, 0.1) is 5.82 Å². The summed E-state index contributed by atoms with van der Waals surface area (Å²) in [7, 11) is 1.98. The largest absolute Gasteiger partial charge is 0.350 e. The lowest BCUT2D eigenvalue weighted by atomic mass is 10.1. The highest BCUT2D eigenvalue weighted by atomic mass is 19.1. The van der Waals surface area contributed by atoms with Crippen LogP contribution >= 0.6 is 0 Å². The molecule has 1 N–H and O–H groups in total. The third-order valence-corrected chi connectivity index (χ3v) is 4.13. The molecule has 0 radical (unpaired) electrons. The summed E-state index contributed by atoms with van der Waals surface area (Å²) < 4.78 is 15.4. The van der Waals surface area contributed by atoms with Crippen LogP contribution < -0.4 is 5.32 Å². The highest BCUT2D eigenvalue weighted by Gasteiger charge is 2.21. The summed E-state index contributed by atoms with van der Waals surface area (Å²) >= 11 is 0. The zero-order chi connectivity index (χ0) is 13.4. The summed E-state index contributed by atoms with van der Waals surface area (Å²) in [5.41, 5.74) is 2.26. The Kier molecular flexibility index (Phi) is 3.29. The average Bonchev–Trinajstić information content (AvgIpc) is 2.76. The number of piperazine rings is 1. The minimum atomic E-state index is -0.171. The number of nitrogens with zero attached hydrogens (tertiary/aromatic N) is 2. The van der Waals surface area contributed by atoms with Crippen molar-refractivity contribution in [2.45, 2.75) is 13.0 Å². The molecule has 1 fully saturated rings. The fraction of sp³-hybridized carbons (Fsp3) is 0.467. The molecule has 4 heteroatoms. The van der Waals surface area contributed by atoms with Crippen LogP contribution in [0.4, 0.5) is 4.39 Å². The lowest BCUT2D eigenvalue weighted by Gasteiger charge is -2.32. The maximum Gasteiger partial charge on any atom is 0.125 e. The van der Waals surface area contributed by atoms with Gasteiger partial charge in [0.15, 0.2) is 0 Å². The van der Waals surface area contributed by atoms with Crippen LogP contribution in [0.25, 0.3) is 10.9 Å². The number of fused-ring (bicyclic) bond motifs is 1. The first kappa shape index (κ1) is 12.6. The molecule has 3 rings (SSSR count). The molecule has 1 unspecified atom stereocenters. The van der Waals surface area contributed by atoms with Gasteiger partial charge in [-0.1, -0.05) is 0 Å². The van der Waals surface area contributed by atoms with Gasteiger partial charge in [0.05, 0.1) is 5.52 Å². The topological polar surface area (TPSA) is 20.2 Å². The van der Waals surface area contributed by atoms with Crippen molar-refractivity contribution in [2.75, 3.05) is 26.2 Å². The van der Waals surface area contributed by atoms with Crippen LogP contribution in [0.3, 0.4) is 0 Å². The van der Waals surface area contributed by atoms with Gasteiger partial charge in [-0.15, -0.1) is 0 Å². The first-order valence-electron chi connectivity index (χ1n) is 6.86. The third-order valence-electron chi connectivity index (χ3n) is 4.13. The molecular formula is C15H20FN3. The lowest BCUT2D eigenvalue weighted by molar-refractivity contribution is 0.186. The molecule has 0 amide bonds. The van der Waals surface area contributed by atoms with Gasteiger partial charge in [-0.3, -0.25) is 4.90 Å². The minimum absolute atomic E-state index is 0.171. The van der Waals surface area contributed by atoms with Gasteiger partial charge in [0, 0.05) is 50.9 Å². The van der Waals surface area contributed by atoms with Gasteiger partial charge in [-0.05, 0) is 30.7 Å². The van der Waals surface area contributed by atoms with E-state index < -0.39 is 0 Å². The minimum Gasteiger partial charge on any atom is -0.350 e. The molecule has 1 aliphatic rings. The van der Waals surface area contributed by atoms with Gasteiger partial charge in [0.25, 0.3) is 0 Å². The molecule has 1 aliphatic heterocycles.